The molecule has 0 atom stereocenters. The number of rotatable bonds is 1. The predicted octanol–water partition coefficient (Wildman–Crippen LogP) is 3.69. The van der Waals surface area contributed by atoms with E-state index in [1.54, 1.807) is 12.1 Å². The van der Waals surface area contributed by atoms with Crippen molar-refractivity contribution >= 4 is 17.3 Å². The lowest BCUT2D eigenvalue weighted by Gasteiger charge is -2.22. The van der Waals surface area contributed by atoms with Crippen LogP contribution in [0.25, 0.3) is 0 Å². The minimum absolute atomic E-state index is 0.0692. The summed E-state index contributed by atoms with van der Waals surface area (Å²) in [5.41, 5.74) is 0.676. The van der Waals surface area contributed by atoms with E-state index in [-0.39, 0.29) is 10.6 Å². The molecule has 0 fully saturated rings. The largest absolute Gasteiger partial charge is 0.380 e. The molecule has 0 saturated carbocycles. The van der Waals surface area contributed by atoms with E-state index in [4.69, 9.17) is 11.6 Å². The molecule has 0 amide bonds. The molecule has 1 rings (SSSR count). The molecule has 13 heavy (non-hydrogen) atoms. The second kappa shape index (κ2) is 3.54. The Bertz CT molecular complexity index is 304. The lowest BCUT2D eigenvalue weighted by atomic mass is 10.1. The van der Waals surface area contributed by atoms with Crippen LogP contribution in [-0.4, -0.2) is 5.54 Å². The molecule has 3 heteroatoms. The number of benzene rings is 1. The minimum atomic E-state index is -0.393. The number of anilines is 1. The van der Waals surface area contributed by atoms with Gasteiger partial charge in [0.25, 0.3) is 0 Å². The van der Waals surface area contributed by atoms with Crippen molar-refractivity contribution in [3.05, 3.63) is 29.0 Å². The van der Waals surface area contributed by atoms with E-state index < -0.39 is 5.82 Å². The third-order valence-corrected chi connectivity index (χ3v) is 1.75. The summed E-state index contributed by atoms with van der Waals surface area (Å²) < 4.78 is 13.0. The van der Waals surface area contributed by atoms with E-state index in [1.165, 1.54) is 6.07 Å². The number of hydrogen-bond donors (Lipinski definition) is 1. The van der Waals surface area contributed by atoms with Crippen LogP contribution in [0.15, 0.2) is 18.2 Å². The van der Waals surface area contributed by atoms with E-state index in [9.17, 15) is 4.39 Å². The third kappa shape index (κ3) is 3.23. The zero-order valence-electron chi connectivity index (χ0n) is 7.99. The van der Waals surface area contributed by atoms with Crippen LogP contribution in [0.2, 0.25) is 5.02 Å². The van der Waals surface area contributed by atoms with Crippen molar-refractivity contribution in [1.82, 2.24) is 0 Å². The Morgan fingerprint density at radius 1 is 1.31 bits per heavy atom. The van der Waals surface area contributed by atoms with E-state index in [0.717, 1.165) is 5.69 Å². The van der Waals surface area contributed by atoms with Crippen molar-refractivity contribution < 1.29 is 4.39 Å². The van der Waals surface area contributed by atoms with Crippen molar-refractivity contribution in [2.24, 2.45) is 0 Å². The summed E-state index contributed by atoms with van der Waals surface area (Å²) in [5.74, 6) is -0.393. The molecule has 0 heterocycles. The predicted molar refractivity (Wildman–Crippen MR) is 54.8 cm³/mol. The summed E-state index contributed by atoms with van der Waals surface area (Å²) in [6.45, 7) is 6.04. The molecule has 1 nitrogen and oxygen atoms in total. The van der Waals surface area contributed by atoms with Gasteiger partial charge in [-0.3, -0.25) is 0 Å². The van der Waals surface area contributed by atoms with Gasteiger partial charge in [-0.05, 0) is 39.0 Å². The van der Waals surface area contributed by atoms with E-state index >= 15 is 0 Å². The Kier molecular flexibility index (Phi) is 2.81. The Balaban J connectivity index is 2.86. The van der Waals surface area contributed by atoms with Gasteiger partial charge in [-0.1, -0.05) is 11.6 Å². The Labute approximate surface area is 82.9 Å². The van der Waals surface area contributed by atoms with Gasteiger partial charge >= 0.3 is 0 Å². The summed E-state index contributed by atoms with van der Waals surface area (Å²) >= 11 is 5.55. The first-order valence-electron chi connectivity index (χ1n) is 4.12. The fourth-order valence-electron chi connectivity index (χ4n) is 1.01. The van der Waals surface area contributed by atoms with Gasteiger partial charge in [0.05, 0.1) is 5.02 Å². The molecular weight excluding hydrogens is 189 g/mol. The highest BCUT2D eigenvalue weighted by Crippen LogP contribution is 2.21. The first-order chi connectivity index (χ1) is 5.88. The van der Waals surface area contributed by atoms with Gasteiger partial charge in [0.15, 0.2) is 0 Å². The summed E-state index contributed by atoms with van der Waals surface area (Å²) in [5, 5.41) is 3.30. The molecule has 0 aromatic heterocycles. The first kappa shape index (κ1) is 10.3. The molecule has 0 radical (unpaired) electrons. The SMILES string of the molecule is CC(C)(C)Nc1ccc(Cl)c(F)c1. The quantitative estimate of drug-likeness (QED) is 0.731. The van der Waals surface area contributed by atoms with Crippen LogP contribution in [0.4, 0.5) is 10.1 Å². The van der Waals surface area contributed by atoms with Crippen molar-refractivity contribution in [3.63, 3.8) is 0 Å². The van der Waals surface area contributed by atoms with Crippen molar-refractivity contribution in [1.29, 1.82) is 0 Å². The van der Waals surface area contributed by atoms with Gasteiger partial charge in [-0.15, -0.1) is 0 Å². The Hall–Kier alpha value is -0.760. The molecule has 1 aromatic carbocycles. The van der Waals surface area contributed by atoms with Crippen LogP contribution in [0.5, 0.6) is 0 Å². The molecule has 0 aliphatic heterocycles. The van der Waals surface area contributed by atoms with E-state index in [0.29, 0.717) is 0 Å². The summed E-state index contributed by atoms with van der Waals surface area (Å²) in [4.78, 5) is 0. The monoisotopic (exact) mass is 201 g/mol. The number of halogens is 2. The van der Waals surface area contributed by atoms with Gasteiger partial charge in [0.2, 0.25) is 0 Å². The van der Waals surface area contributed by atoms with Gasteiger partial charge in [0.1, 0.15) is 5.82 Å². The van der Waals surface area contributed by atoms with Crippen LogP contribution in [0.1, 0.15) is 20.8 Å². The van der Waals surface area contributed by atoms with Gasteiger partial charge in [0, 0.05) is 11.2 Å². The van der Waals surface area contributed by atoms with Crippen LogP contribution in [0.3, 0.4) is 0 Å². The normalized spacial score (nSPS) is 11.5. The second-order valence-electron chi connectivity index (χ2n) is 4.00. The molecule has 1 aromatic rings. The maximum atomic E-state index is 13.0. The summed E-state index contributed by atoms with van der Waals surface area (Å²) in [6.07, 6.45) is 0. The summed E-state index contributed by atoms with van der Waals surface area (Å²) in [7, 11) is 0. The third-order valence-electron chi connectivity index (χ3n) is 1.44. The molecule has 0 aliphatic rings. The highest BCUT2D eigenvalue weighted by Gasteiger charge is 2.10. The molecule has 0 saturated heterocycles. The van der Waals surface area contributed by atoms with E-state index in [2.05, 4.69) is 5.32 Å². The molecule has 0 bridgehead atoms. The lowest BCUT2D eigenvalue weighted by Crippen LogP contribution is -2.25. The second-order valence-corrected chi connectivity index (χ2v) is 4.41. The van der Waals surface area contributed by atoms with Crippen molar-refractivity contribution in [2.45, 2.75) is 26.3 Å². The smallest absolute Gasteiger partial charge is 0.143 e. The average molecular weight is 202 g/mol. The standard InChI is InChI=1S/C10H13ClFN/c1-10(2,3)13-7-4-5-8(11)9(12)6-7/h4-6,13H,1-3H3. The minimum Gasteiger partial charge on any atom is -0.380 e. The molecule has 72 valence electrons. The maximum absolute atomic E-state index is 13.0. The molecule has 0 spiro atoms. The Morgan fingerprint density at radius 2 is 1.92 bits per heavy atom. The maximum Gasteiger partial charge on any atom is 0.143 e. The molecular formula is C10H13ClFN. The van der Waals surface area contributed by atoms with Crippen LogP contribution < -0.4 is 5.32 Å². The zero-order valence-corrected chi connectivity index (χ0v) is 8.74. The van der Waals surface area contributed by atoms with Crippen molar-refractivity contribution in [2.75, 3.05) is 5.32 Å². The molecule has 0 aliphatic carbocycles. The molecule has 0 unspecified atom stereocenters. The summed E-state index contributed by atoms with van der Waals surface area (Å²) in [6, 6.07) is 4.70. The van der Waals surface area contributed by atoms with Gasteiger partial charge in [-0.25, -0.2) is 4.39 Å². The van der Waals surface area contributed by atoms with Gasteiger partial charge < -0.3 is 5.32 Å². The topological polar surface area (TPSA) is 12.0 Å². The van der Waals surface area contributed by atoms with Crippen LogP contribution in [-0.2, 0) is 0 Å². The fraction of sp³-hybridized carbons (Fsp3) is 0.400. The van der Waals surface area contributed by atoms with Crippen LogP contribution >= 0.6 is 11.6 Å². The molecule has 1 N–H and O–H groups in total. The van der Waals surface area contributed by atoms with Gasteiger partial charge in [-0.2, -0.15) is 0 Å². The highest BCUT2D eigenvalue weighted by atomic mass is 35.5. The Morgan fingerprint density at radius 3 is 2.38 bits per heavy atom. The highest BCUT2D eigenvalue weighted by molar-refractivity contribution is 6.30. The number of hydrogen-bond acceptors (Lipinski definition) is 1. The van der Waals surface area contributed by atoms with E-state index in [1.807, 2.05) is 20.8 Å². The van der Waals surface area contributed by atoms with Crippen molar-refractivity contribution in [3.8, 4) is 0 Å². The lowest BCUT2D eigenvalue weighted by molar-refractivity contribution is 0.619. The average Bonchev–Trinajstić information content (AvgIpc) is 1.94. The van der Waals surface area contributed by atoms with Crippen LogP contribution in [0, 0.1) is 5.82 Å². The first-order valence-corrected chi connectivity index (χ1v) is 4.49. The number of nitrogens with one attached hydrogen (secondary N) is 1. The fourth-order valence-corrected chi connectivity index (χ4v) is 1.12. The zero-order chi connectivity index (χ0) is 10.1.